The van der Waals surface area contributed by atoms with Crippen molar-refractivity contribution in [1.82, 2.24) is 10.2 Å². The summed E-state index contributed by atoms with van der Waals surface area (Å²) in [5, 5.41) is 2.80. The molecule has 6 atom stereocenters. The second kappa shape index (κ2) is 7.54. The molecule has 1 aromatic carbocycles. The molecule has 3 amide bonds. The number of imide groups is 1. The Balaban J connectivity index is 1.36. The Bertz CT molecular complexity index is 794. The van der Waals surface area contributed by atoms with E-state index >= 15 is 0 Å². The van der Waals surface area contributed by atoms with Crippen LogP contribution in [0.15, 0.2) is 24.3 Å². The molecule has 4 rings (SSSR count). The van der Waals surface area contributed by atoms with Crippen molar-refractivity contribution in [3.63, 3.8) is 0 Å². The van der Waals surface area contributed by atoms with Crippen LogP contribution in [0, 0.1) is 11.8 Å². The summed E-state index contributed by atoms with van der Waals surface area (Å²) in [6.07, 6.45) is 1.26. The summed E-state index contributed by atoms with van der Waals surface area (Å²) < 4.78 is 5.73. The van der Waals surface area contributed by atoms with Crippen LogP contribution in [-0.4, -0.2) is 47.4 Å². The van der Waals surface area contributed by atoms with E-state index in [1.165, 1.54) is 5.56 Å². The number of carbonyl (C=O) groups is 3. The van der Waals surface area contributed by atoms with Crippen molar-refractivity contribution in [2.75, 3.05) is 6.54 Å². The summed E-state index contributed by atoms with van der Waals surface area (Å²) in [6.45, 7) is 6.09. The SMILES string of the molecule is CC(C)c1ccc(C(N)CNC(=O)C(C)N2C(=O)C3C4CCC(O4)C3C2=O)cc1. The lowest BCUT2D eigenvalue weighted by Gasteiger charge is -2.24. The van der Waals surface area contributed by atoms with E-state index in [2.05, 4.69) is 19.2 Å². The van der Waals surface area contributed by atoms with Gasteiger partial charge in [0.15, 0.2) is 0 Å². The highest BCUT2D eigenvalue weighted by molar-refractivity contribution is 6.09. The van der Waals surface area contributed by atoms with Crippen LogP contribution in [0.25, 0.3) is 0 Å². The smallest absolute Gasteiger partial charge is 0.243 e. The number of likely N-dealkylation sites (tertiary alicyclic amines) is 1. The first-order valence-corrected chi connectivity index (χ1v) is 10.4. The van der Waals surface area contributed by atoms with E-state index in [0.717, 1.165) is 23.3 Å². The Kier molecular flexibility index (Phi) is 5.21. The number of hydrogen-bond acceptors (Lipinski definition) is 5. The molecular formula is C22H29N3O4. The molecule has 3 heterocycles. The zero-order valence-corrected chi connectivity index (χ0v) is 17.1. The fourth-order valence-electron chi connectivity index (χ4n) is 4.84. The fraction of sp³-hybridized carbons (Fsp3) is 0.591. The summed E-state index contributed by atoms with van der Waals surface area (Å²) in [4.78, 5) is 39.4. The number of fused-ring (bicyclic) bond motifs is 5. The van der Waals surface area contributed by atoms with E-state index in [1.54, 1.807) is 6.92 Å². The van der Waals surface area contributed by atoms with E-state index in [9.17, 15) is 14.4 Å². The zero-order chi connectivity index (χ0) is 20.9. The predicted molar refractivity (Wildman–Crippen MR) is 107 cm³/mol. The van der Waals surface area contributed by atoms with Gasteiger partial charge in [-0.3, -0.25) is 19.3 Å². The minimum atomic E-state index is -0.851. The Hall–Kier alpha value is -2.25. The Morgan fingerprint density at radius 3 is 2.10 bits per heavy atom. The summed E-state index contributed by atoms with van der Waals surface area (Å²) in [5.74, 6) is -1.31. The van der Waals surface area contributed by atoms with Crippen molar-refractivity contribution in [3.8, 4) is 0 Å². The normalized spacial score (nSPS) is 30.0. The lowest BCUT2D eigenvalue weighted by Crippen LogP contribution is -2.50. The highest BCUT2D eigenvalue weighted by Crippen LogP contribution is 2.48. The summed E-state index contributed by atoms with van der Waals surface area (Å²) >= 11 is 0. The molecule has 0 saturated carbocycles. The van der Waals surface area contributed by atoms with Gasteiger partial charge in [0.2, 0.25) is 17.7 Å². The molecule has 0 aliphatic carbocycles. The molecule has 7 nitrogen and oxygen atoms in total. The van der Waals surface area contributed by atoms with Gasteiger partial charge in [0.1, 0.15) is 6.04 Å². The van der Waals surface area contributed by atoms with E-state index in [4.69, 9.17) is 10.5 Å². The number of nitrogens with zero attached hydrogens (tertiary/aromatic N) is 1. The van der Waals surface area contributed by atoms with E-state index in [-0.39, 0.29) is 42.5 Å². The maximum absolute atomic E-state index is 12.8. The van der Waals surface area contributed by atoms with Crippen molar-refractivity contribution < 1.29 is 19.1 Å². The van der Waals surface area contributed by atoms with Crippen LogP contribution < -0.4 is 11.1 Å². The first-order chi connectivity index (χ1) is 13.8. The van der Waals surface area contributed by atoms with Crippen LogP contribution in [0.1, 0.15) is 56.7 Å². The fourth-order valence-corrected chi connectivity index (χ4v) is 4.84. The highest BCUT2D eigenvalue weighted by atomic mass is 16.5. The van der Waals surface area contributed by atoms with Gasteiger partial charge in [-0.05, 0) is 36.8 Å². The van der Waals surface area contributed by atoms with Gasteiger partial charge in [-0.2, -0.15) is 0 Å². The van der Waals surface area contributed by atoms with E-state index in [0.29, 0.717) is 5.92 Å². The quantitative estimate of drug-likeness (QED) is 0.706. The molecule has 0 spiro atoms. The molecule has 7 heteroatoms. The molecule has 2 bridgehead atoms. The average Bonchev–Trinajstić information content (AvgIpc) is 3.39. The average molecular weight is 399 g/mol. The number of amides is 3. The maximum Gasteiger partial charge on any atom is 0.243 e. The molecule has 29 heavy (non-hydrogen) atoms. The molecule has 0 aromatic heterocycles. The number of hydrogen-bond donors (Lipinski definition) is 2. The van der Waals surface area contributed by atoms with Gasteiger partial charge in [-0.25, -0.2) is 0 Å². The third-order valence-electron chi connectivity index (χ3n) is 6.61. The highest BCUT2D eigenvalue weighted by Gasteiger charge is 2.63. The number of nitrogens with two attached hydrogens (primary N) is 1. The Morgan fingerprint density at radius 1 is 1.07 bits per heavy atom. The van der Waals surface area contributed by atoms with Gasteiger partial charge in [-0.15, -0.1) is 0 Å². The van der Waals surface area contributed by atoms with Crippen LogP contribution in [0.5, 0.6) is 0 Å². The lowest BCUT2D eigenvalue weighted by molar-refractivity contribution is -0.149. The van der Waals surface area contributed by atoms with Crippen molar-refractivity contribution in [3.05, 3.63) is 35.4 Å². The number of carbonyl (C=O) groups excluding carboxylic acids is 3. The van der Waals surface area contributed by atoms with Gasteiger partial charge < -0.3 is 15.8 Å². The molecular weight excluding hydrogens is 370 g/mol. The standard InChI is InChI=1S/C22H29N3O4/c1-11(2)13-4-6-14(7-5-13)15(23)10-24-20(26)12(3)25-21(27)18-16-8-9-17(29-16)19(18)22(25)28/h4-7,11-12,15-19H,8-10,23H2,1-3H3,(H,24,26). The minimum Gasteiger partial charge on any atom is -0.373 e. The monoisotopic (exact) mass is 399 g/mol. The van der Waals surface area contributed by atoms with Gasteiger partial charge in [0.25, 0.3) is 0 Å². The first-order valence-electron chi connectivity index (χ1n) is 10.4. The molecule has 3 aliphatic rings. The Morgan fingerprint density at radius 2 is 1.59 bits per heavy atom. The van der Waals surface area contributed by atoms with Crippen LogP contribution in [0.3, 0.4) is 0 Å². The second-order valence-electron chi connectivity index (χ2n) is 8.74. The van der Waals surface area contributed by atoms with Crippen molar-refractivity contribution >= 4 is 17.7 Å². The number of nitrogens with one attached hydrogen (secondary N) is 1. The summed E-state index contributed by atoms with van der Waals surface area (Å²) in [6, 6.07) is 6.82. The molecule has 0 radical (unpaired) electrons. The third kappa shape index (κ3) is 3.36. The molecule has 3 saturated heterocycles. The largest absolute Gasteiger partial charge is 0.373 e. The topological polar surface area (TPSA) is 102 Å². The van der Waals surface area contributed by atoms with Gasteiger partial charge in [0.05, 0.1) is 24.0 Å². The van der Waals surface area contributed by atoms with Crippen molar-refractivity contribution in [2.45, 2.75) is 63.8 Å². The minimum absolute atomic E-state index is 0.177. The zero-order valence-electron chi connectivity index (χ0n) is 17.1. The van der Waals surface area contributed by atoms with Gasteiger partial charge >= 0.3 is 0 Å². The third-order valence-corrected chi connectivity index (χ3v) is 6.61. The molecule has 1 aromatic rings. The maximum atomic E-state index is 12.8. The molecule has 3 N–H and O–H groups in total. The number of ether oxygens (including phenoxy) is 1. The van der Waals surface area contributed by atoms with E-state index < -0.39 is 17.9 Å². The summed E-state index contributed by atoms with van der Waals surface area (Å²) in [7, 11) is 0. The second-order valence-corrected chi connectivity index (χ2v) is 8.74. The Labute approximate surface area is 171 Å². The molecule has 156 valence electrons. The van der Waals surface area contributed by atoms with Crippen LogP contribution in [0.2, 0.25) is 0 Å². The number of rotatable bonds is 6. The van der Waals surface area contributed by atoms with Crippen LogP contribution in [-0.2, 0) is 19.1 Å². The molecule has 3 aliphatic heterocycles. The van der Waals surface area contributed by atoms with Gasteiger partial charge in [-0.1, -0.05) is 38.1 Å². The van der Waals surface area contributed by atoms with Crippen LogP contribution >= 0.6 is 0 Å². The van der Waals surface area contributed by atoms with E-state index in [1.807, 2.05) is 24.3 Å². The molecule has 3 fully saturated rings. The van der Waals surface area contributed by atoms with Crippen molar-refractivity contribution in [1.29, 1.82) is 0 Å². The van der Waals surface area contributed by atoms with Gasteiger partial charge in [0, 0.05) is 12.6 Å². The predicted octanol–water partition coefficient (Wildman–Crippen LogP) is 1.48. The van der Waals surface area contributed by atoms with Crippen molar-refractivity contribution in [2.24, 2.45) is 17.6 Å². The number of benzene rings is 1. The first kappa shape index (κ1) is 20.0. The lowest BCUT2D eigenvalue weighted by atomic mass is 9.81. The summed E-state index contributed by atoms with van der Waals surface area (Å²) in [5.41, 5.74) is 8.38. The molecule has 6 unspecified atom stereocenters. The van der Waals surface area contributed by atoms with Crippen LogP contribution in [0.4, 0.5) is 0 Å².